The number of aromatic nitrogens is 2. The molecule has 0 radical (unpaired) electrons. The molecule has 0 aliphatic rings. The predicted molar refractivity (Wildman–Crippen MR) is 141 cm³/mol. The molecule has 4 rings (SSSR count). The first-order valence-corrected chi connectivity index (χ1v) is 12.1. The van der Waals surface area contributed by atoms with E-state index in [1.165, 1.54) is 7.11 Å². The predicted octanol–water partition coefficient (Wildman–Crippen LogP) is 3.37. The van der Waals surface area contributed by atoms with Crippen molar-refractivity contribution in [1.29, 1.82) is 0 Å². The molecule has 4 aromatic rings. The van der Waals surface area contributed by atoms with E-state index in [0.29, 0.717) is 11.2 Å². The highest BCUT2D eigenvalue weighted by Crippen LogP contribution is 2.11. The lowest BCUT2D eigenvalue weighted by molar-refractivity contribution is -0.145. The molecule has 0 spiro atoms. The van der Waals surface area contributed by atoms with Crippen LogP contribution in [0.4, 0.5) is 4.79 Å². The summed E-state index contributed by atoms with van der Waals surface area (Å²) in [7, 11) is 1.24. The number of hydrogen-bond acceptors (Lipinski definition) is 7. The number of para-hydroxylation sites is 2. The van der Waals surface area contributed by atoms with Crippen LogP contribution in [-0.4, -0.2) is 47.1 Å². The number of amides is 2. The van der Waals surface area contributed by atoms with Crippen molar-refractivity contribution in [2.45, 2.75) is 31.5 Å². The first kappa shape index (κ1) is 26.3. The molecule has 1 aromatic heterocycles. The lowest BCUT2D eigenvalue weighted by Crippen LogP contribution is -2.53. The highest BCUT2D eigenvalue weighted by Gasteiger charge is 2.28. The Morgan fingerprint density at radius 3 is 2.08 bits per heavy atom. The molecule has 0 saturated heterocycles. The van der Waals surface area contributed by atoms with Crippen molar-refractivity contribution in [3.05, 3.63) is 108 Å². The van der Waals surface area contributed by atoms with Gasteiger partial charge in [0, 0.05) is 19.0 Å². The summed E-state index contributed by atoms with van der Waals surface area (Å²) in [6.07, 6.45) is 1.06. The number of alkyl carbamates (subject to hydrolysis) is 1. The summed E-state index contributed by atoms with van der Waals surface area (Å²) in [5, 5.41) is 5.34. The Morgan fingerprint density at radius 2 is 1.39 bits per heavy atom. The molecule has 9 heteroatoms. The lowest BCUT2D eigenvalue weighted by Gasteiger charge is -2.22. The second-order valence-corrected chi connectivity index (χ2v) is 8.59. The maximum absolute atomic E-state index is 13.4. The summed E-state index contributed by atoms with van der Waals surface area (Å²) in [6, 6.07) is 23.8. The van der Waals surface area contributed by atoms with Crippen LogP contribution in [0, 0.1) is 0 Å². The van der Waals surface area contributed by atoms with Gasteiger partial charge in [-0.2, -0.15) is 0 Å². The molecule has 2 N–H and O–H groups in total. The Bertz CT molecular complexity index is 1380. The van der Waals surface area contributed by atoms with Crippen molar-refractivity contribution in [2.24, 2.45) is 0 Å². The van der Waals surface area contributed by atoms with E-state index in [0.717, 1.165) is 16.6 Å². The molecule has 3 aromatic carbocycles. The number of esters is 1. The zero-order chi connectivity index (χ0) is 26.7. The van der Waals surface area contributed by atoms with E-state index in [4.69, 9.17) is 9.47 Å². The maximum atomic E-state index is 13.4. The first-order valence-electron chi connectivity index (χ1n) is 12.1. The molecule has 1 heterocycles. The Balaban J connectivity index is 1.48. The number of nitrogens with zero attached hydrogens (tertiary/aromatic N) is 2. The van der Waals surface area contributed by atoms with Crippen LogP contribution in [0.1, 0.15) is 16.8 Å². The topological polar surface area (TPSA) is 120 Å². The van der Waals surface area contributed by atoms with E-state index >= 15 is 0 Å². The van der Waals surface area contributed by atoms with Crippen LogP contribution in [0.2, 0.25) is 0 Å². The van der Waals surface area contributed by atoms with Crippen molar-refractivity contribution in [2.75, 3.05) is 7.11 Å². The van der Waals surface area contributed by atoms with Crippen LogP contribution in [0.25, 0.3) is 11.0 Å². The number of fused-ring (bicyclic) bond motifs is 1. The third-order valence-electron chi connectivity index (χ3n) is 5.82. The van der Waals surface area contributed by atoms with Crippen molar-refractivity contribution < 1.29 is 23.9 Å². The number of methoxy groups -OCH3 is 1. The Morgan fingerprint density at radius 1 is 0.763 bits per heavy atom. The minimum Gasteiger partial charge on any atom is -0.467 e. The molecule has 0 aliphatic heterocycles. The van der Waals surface area contributed by atoms with Gasteiger partial charge in [-0.25, -0.2) is 14.6 Å². The average molecular weight is 513 g/mol. The van der Waals surface area contributed by atoms with Crippen molar-refractivity contribution in [3.8, 4) is 0 Å². The van der Waals surface area contributed by atoms with Gasteiger partial charge in [-0.05, 0) is 23.3 Å². The van der Waals surface area contributed by atoms with Crippen LogP contribution in [0.5, 0.6) is 0 Å². The summed E-state index contributed by atoms with van der Waals surface area (Å²) in [5.41, 5.74) is 3.54. The number of rotatable bonds is 10. The number of benzene rings is 3. The van der Waals surface area contributed by atoms with Crippen molar-refractivity contribution >= 4 is 29.0 Å². The highest BCUT2D eigenvalue weighted by atomic mass is 16.5. The minimum absolute atomic E-state index is 0.0533. The molecule has 194 valence electrons. The maximum Gasteiger partial charge on any atom is 0.408 e. The van der Waals surface area contributed by atoms with Crippen LogP contribution in [0.15, 0.2) is 91.1 Å². The third-order valence-corrected chi connectivity index (χ3v) is 5.82. The number of ether oxygens (including phenoxy) is 2. The van der Waals surface area contributed by atoms with E-state index in [9.17, 15) is 14.4 Å². The fourth-order valence-corrected chi connectivity index (χ4v) is 3.88. The van der Waals surface area contributed by atoms with Gasteiger partial charge in [0.15, 0.2) is 0 Å². The molecular weight excluding hydrogens is 484 g/mol. The van der Waals surface area contributed by atoms with Crippen LogP contribution >= 0.6 is 0 Å². The van der Waals surface area contributed by atoms with Crippen molar-refractivity contribution in [3.63, 3.8) is 0 Å². The van der Waals surface area contributed by atoms with Gasteiger partial charge in [0.25, 0.3) is 0 Å². The van der Waals surface area contributed by atoms with Gasteiger partial charge in [-0.3, -0.25) is 9.78 Å². The first-order chi connectivity index (χ1) is 18.5. The molecule has 0 saturated carbocycles. The Kier molecular flexibility index (Phi) is 8.96. The van der Waals surface area contributed by atoms with Gasteiger partial charge in [0.2, 0.25) is 5.91 Å². The second kappa shape index (κ2) is 13.0. The van der Waals surface area contributed by atoms with E-state index in [1.807, 2.05) is 84.9 Å². The Hall–Kier alpha value is -4.79. The van der Waals surface area contributed by atoms with Gasteiger partial charge >= 0.3 is 12.1 Å². The minimum atomic E-state index is -1.04. The van der Waals surface area contributed by atoms with Crippen LogP contribution in [0.3, 0.4) is 0 Å². The largest absolute Gasteiger partial charge is 0.467 e. The molecule has 2 atom stereocenters. The smallest absolute Gasteiger partial charge is 0.408 e. The summed E-state index contributed by atoms with van der Waals surface area (Å²) in [6.45, 7) is 0.0533. The highest BCUT2D eigenvalue weighted by molar-refractivity contribution is 5.90. The number of nitrogens with one attached hydrogen (secondary N) is 2. The molecule has 0 fully saturated rings. The monoisotopic (exact) mass is 512 g/mol. The fraction of sp³-hybridized carbons (Fsp3) is 0.207. The standard InChI is InChI=1S/C29H28N4O5/c1-37-28(35)26(17-22-18-30-23-14-8-9-15-24(23)31-22)32-27(34)25(16-20-10-4-2-5-11-20)33-29(36)38-19-21-12-6-3-7-13-21/h2-15,18,25-26H,16-17,19H2,1H3,(H,32,34)(H,33,36)/t25-,26-/m1/s1. The Labute approximate surface area is 220 Å². The zero-order valence-electron chi connectivity index (χ0n) is 20.9. The number of carbonyl (C=O) groups is 3. The molecule has 0 bridgehead atoms. The lowest BCUT2D eigenvalue weighted by atomic mass is 10.0. The summed E-state index contributed by atoms with van der Waals surface area (Å²) in [4.78, 5) is 47.5. The van der Waals surface area contributed by atoms with E-state index in [-0.39, 0.29) is 19.4 Å². The SMILES string of the molecule is COC(=O)[C@@H](Cc1cnc2ccccc2n1)NC(=O)[C@@H](Cc1ccccc1)NC(=O)OCc1ccccc1. The van der Waals surface area contributed by atoms with Crippen LogP contribution < -0.4 is 10.6 Å². The van der Waals surface area contributed by atoms with Crippen LogP contribution in [-0.2, 0) is 38.5 Å². The number of hydrogen-bond donors (Lipinski definition) is 2. The van der Waals surface area contributed by atoms with Gasteiger partial charge in [-0.1, -0.05) is 72.8 Å². The zero-order valence-corrected chi connectivity index (χ0v) is 20.9. The molecule has 0 unspecified atom stereocenters. The quantitative estimate of drug-likeness (QED) is 0.313. The van der Waals surface area contributed by atoms with E-state index < -0.39 is 30.1 Å². The number of carbonyl (C=O) groups excluding carboxylic acids is 3. The van der Waals surface area contributed by atoms with Gasteiger partial charge in [0.05, 0.1) is 23.8 Å². The normalized spacial score (nSPS) is 12.2. The summed E-state index contributed by atoms with van der Waals surface area (Å²) in [5.74, 6) is -1.20. The molecule has 0 aliphatic carbocycles. The van der Waals surface area contributed by atoms with E-state index in [2.05, 4.69) is 20.6 Å². The van der Waals surface area contributed by atoms with E-state index in [1.54, 1.807) is 6.20 Å². The van der Waals surface area contributed by atoms with Gasteiger partial charge < -0.3 is 20.1 Å². The third kappa shape index (κ3) is 7.36. The second-order valence-electron chi connectivity index (χ2n) is 8.59. The van der Waals surface area contributed by atoms with Crippen molar-refractivity contribution in [1.82, 2.24) is 20.6 Å². The van der Waals surface area contributed by atoms with Gasteiger partial charge in [0.1, 0.15) is 18.7 Å². The molecular formula is C29H28N4O5. The summed E-state index contributed by atoms with van der Waals surface area (Å²) < 4.78 is 10.2. The fourth-order valence-electron chi connectivity index (χ4n) is 3.88. The van der Waals surface area contributed by atoms with Gasteiger partial charge in [-0.15, -0.1) is 0 Å². The summed E-state index contributed by atoms with van der Waals surface area (Å²) >= 11 is 0. The molecule has 9 nitrogen and oxygen atoms in total. The molecule has 2 amide bonds. The average Bonchev–Trinajstić information content (AvgIpc) is 2.96. The molecule has 38 heavy (non-hydrogen) atoms.